The maximum absolute atomic E-state index is 11.6. The van der Waals surface area contributed by atoms with Crippen molar-refractivity contribution in [2.75, 3.05) is 5.32 Å². The number of carboxylic acid groups (broad SMARTS) is 1. The van der Waals surface area contributed by atoms with Crippen LogP contribution < -0.4 is 16.4 Å². The molecule has 0 fully saturated rings. The quantitative estimate of drug-likeness (QED) is 0.656. The molecule has 0 aromatic heterocycles. The molecule has 0 aliphatic heterocycles. The molecule has 1 unspecified atom stereocenters. The lowest BCUT2D eigenvalue weighted by atomic mass is 10.2. The molecule has 0 aliphatic carbocycles. The Balaban J connectivity index is 2.67. The van der Waals surface area contributed by atoms with Crippen LogP contribution in [0.15, 0.2) is 18.2 Å². The van der Waals surface area contributed by atoms with Crippen molar-refractivity contribution in [2.45, 2.75) is 12.5 Å². The molecule has 1 aromatic carbocycles. The summed E-state index contributed by atoms with van der Waals surface area (Å²) in [4.78, 5) is 33.1. The van der Waals surface area contributed by atoms with E-state index in [0.29, 0.717) is 10.7 Å². The van der Waals surface area contributed by atoms with Gasteiger partial charge in [0.1, 0.15) is 6.04 Å². The third kappa shape index (κ3) is 4.94. The Morgan fingerprint density at radius 1 is 1.25 bits per heavy atom. The van der Waals surface area contributed by atoms with Gasteiger partial charge in [-0.05, 0) is 18.2 Å². The zero-order chi connectivity index (χ0) is 15.3. The van der Waals surface area contributed by atoms with Gasteiger partial charge in [0.25, 0.3) is 0 Å². The number of hydrogen-bond donors (Lipinski definition) is 4. The molecule has 9 heteroatoms. The molecule has 0 aliphatic rings. The molecule has 7 nitrogen and oxygen atoms in total. The van der Waals surface area contributed by atoms with E-state index in [1.54, 1.807) is 0 Å². The standard InChI is InChI=1S/C11H11Cl2N3O4/c12-6-2-1-5(3-7(6)13)15-11(20)16-8(10(18)19)4-9(14)17/h1-3,8H,4H2,(H2,14,17)(H,18,19)(H2,15,16,20). The third-order valence-electron chi connectivity index (χ3n) is 2.19. The van der Waals surface area contributed by atoms with Gasteiger partial charge in [0.15, 0.2) is 0 Å². The number of rotatable bonds is 5. The van der Waals surface area contributed by atoms with Crippen molar-refractivity contribution in [1.29, 1.82) is 0 Å². The van der Waals surface area contributed by atoms with E-state index in [9.17, 15) is 14.4 Å². The van der Waals surface area contributed by atoms with E-state index in [2.05, 4.69) is 10.6 Å². The maximum Gasteiger partial charge on any atom is 0.326 e. The number of carboxylic acids is 1. The van der Waals surface area contributed by atoms with Crippen LogP contribution in [0.5, 0.6) is 0 Å². The maximum atomic E-state index is 11.6. The molecule has 1 aromatic rings. The first kappa shape index (κ1) is 16.1. The zero-order valence-electron chi connectivity index (χ0n) is 10.0. The number of anilines is 1. The Kier molecular flexibility index (Phi) is 5.60. The molecule has 0 saturated carbocycles. The van der Waals surface area contributed by atoms with Crippen molar-refractivity contribution in [1.82, 2.24) is 5.32 Å². The second kappa shape index (κ2) is 6.97. The van der Waals surface area contributed by atoms with Gasteiger partial charge in [-0.2, -0.15) is 0 Å². The number of primary amides is 1. The first-order valence-corrected chi connectivity index (χ1v) is 6.09. The van der Waals surface area contributed by atoms with Gasteiger partial charge in [-0.3, -0.25) is 4.79 Å². The average molecular weight is 320 g/mol. The smallest absolute Gasteiger partial charge is 0.326 e. The van der Waals surface area contributed by atoms with Crippen LogP contribution in [0.1, 0.15) is 6.42 Å². The van der Waals surface area contributed by atoms with Gasteiger partial charge in [-0.15, -0.1) is 0 Å². The molecule has 0 spiro atoms. The number of carbonyl (C=O) groups is 3. The minimum absolute atomic E-state index is 0.233. The molecule has 1 rings (SSSR count). The predicted octanol–water partition coefficient (Wildman–Crippen LogP) is 1.44. The number of carbonyl (C=O) groups excluding carboxylic acids is 2. The minimum atomic E-state index is -1.41. The van der Waals surface area contributed by atoms with Gasteiger partial charge >= 0.3 is 12.0 Å². The zero-order valence-corrected chi connectivity index (χ0v) is 11.5. The fraction of sp³-hybridized carbons (Fsp3) is 0.182. The molecule has 5 N–H and O–H groups in total. The number of hydrogen-bond acceptors (Lipinski definition) is 3. The van der Waals surface area contributed by atoms with E-state index in [1.807, 2.05) is 0 Å². The Labute approximate surface area is 124 Å². The van der Waals surface area contributed by atoms with Gasteiger partial charge in [0, 0.05) is 5.69 Å². The second-order valence-corrected chi connectivity index (χ2v) is 4.60. The minimum Gasteiger partial charge on any atom is -0.480 e. The number of aliphatic carboxylic acids is 1. The topological polar surface area (TPSA) is 122 Å². The van der Waals surface area contributed by atoms with Crippen LogP contribution in [0.4, 0.5) is 10.5 Å². The molecule has 20 heavy (non-hydrogen) atoms. The van der Waals surface area contributed by atoms with E-state index < -0.39 is 30.4 Å². The highest BCUT2D eigenvalue weighted by molar-refractivity contribution is 6.42. The number of halogens is 2. The summed E-state index contributed by atoms with van der Waals surface area (Å²) in [6.07, 6.45) is -0.510. The number of urea groups is 1. The first-order chi connectivity index (χ1) is 9.29. The largest absolute Gasteiger partial charge is 0.480 e. The van der Waals surface area contributed by atoms with Crippen molar-refractivity contribution >= 4 is 46.8 Å². The Morgan fingerprint density at radius 2 is 1.90 bits per heavy atom. The fourth-order valence-corrected chi connectivity index (χ4v) is 1.60. The lowest BCUT2D eigenvalue weighted by Crippen LogP contribution is -2.45. The van der Waals surface area contributed by atoms with E-state index in [0.717, 1.165) is 0 Å². The van der Waals surface area contributed by atoms with E-state index >= 15 is 0 Å². The van der Waals surface area contributed by atoms with Gasteiger partial charge in [0.2, 0.25) is 5.91 Å². The summed E-state index contributed by atoms with van der Waals surface area (Å²) in [5.74, 6) is -2.21. The summed E-state index contributed by atoms with van der Waals surface area (Å²) in [6.45, 7) is 0. The lowest BCUT2D eigenvalue weighted by molar-refractivity contribution is -0.140. The molecule has 108 valence electrons. The van der Waals surface area contributed by atoms with Crippen LogP contribution in [0.25, 0.3) is 0 Å². The highest BCUT2D eigenvalue weighted by Crippen LogP contribution is 2.24. The van der Waals surface area contributed by atoms with E-state index in [4.69, 9.17) is 34.0 Å². The monoisotopic (exact) mass is 319 g/mol. The molecular formula is C11H11Cl2N3O4. The second-order valence-electron chi connectivity index (χ2n) is 3.79. The summed E-state index contributed by atoms with van der Waals surface area (Å²) < 4.78 is 0. The molecular weight excluding hydrogens is 309 g/mol. The van der Waals surface area contributed by atoms with Crippen molar-refractivity contribution in [3.63, 3.8) is 0 Å². The summed E-state index contributed by atoms with van der Waals surface area (Å²) >= 11 is 11.5. The fourth-order valence-electron chi connectivity index (χ4n) is 1.30. The van der Waals surface area contributed by atoms with Gasteiger partial charge in [-0.25, -0.2) is 9.59 Å². The third-order valence-corrected chi connectivity index (χ3v) is 2.93. The van der Waals surface area contributed by atoms with E-state index in [1.165, 1.54) is 18.2 Å². The molecule has 0 saturated heterocycles. The lowest BCUT2D eigenvalue weighted by Gasteiger charge is -2.13. The van der Waals surface area contributed by atoms with Crippen LogP contribution in [0.3, 0.4) is 0 Å². The molecule has 3 amide bonds. The SMILES string of the molecule is NC(=O)CC(NC(=O)Nc1ccc(Cl)c(Cl)c1)C(=O)O. The number of benzene rings is 1. The van der Waals surface area contributed by atoms with Crippen molar-refractivity contribution < 1.29 is 19.5 Å². The number of nitrogens with one attached hydrogen (secondary N) is 2. The average Bonchev–Trinajstić information content (AvgIpc) is 2.32. The summed E-state index contributed by atoms with van der Waals surface area (Å²) in [5.41, 5.74) is 5.21. The highest BCUT2D eigenvalue weighted by atomic mass is 35.5. The van der Waals surface area contributed by atoms with Crippen LogP contribution >= 0.6 is 23.2 Å². The Hall–Kier alpha value is -1.99. The number of amides is 3. The predicted molar refractivity (Wildman–Crippen MR) is 73.9 cm³/mol. The normalized spacial score (nSPS) is 11.5. The van der Waals surface area contributed by atoms with Crippen LogP contribution in [-0.4, -0.2) is 29.1 Å². The van der Waals surface area contributed by atoms with Crippen molar-refractivity contribution in [3.05, 3.63) is 28.2 Å². The first-order valence-electron chi connectivity index (χ1n) is 5.33. The summed E-state index contributed by atoms with van der Waals surface area (Å²) in [5, 5.41) is 13.8. The van der Waals surface area contributed by atoms with Crippen LogP contribution in [-0.2, 0) is 9.59 Å². The van der Waals surface area contributed by atoms with Crippen molar-refractivity contribution in [2.24, 2.45) is 5.73 Å². The van der Waals surface area contributed by atoms with Crippen LogP contribution in [0, 0.1) is 0 Å². The van der Waals surface area contributed by atoms with Gasteiger partial charge in [0.05, 0.1) is 16.5 Å². The molecule has 0 bridgehead atoms. The van der Waals surface area contributed by atoms with E-state index in [-0.39, 0.29) is 5.02 Å². The van der Waals surface area contributed by atoms with Gasteiger partial charge in [-0.1, -0.05) is 23.2 Å². The summed E-state index contributed by atoms with van der Waals surface area (Å²) in [7, 11) is 0. The molecule has 1 atom stereocenters. The Bertz CT molecular complexity index is 550. The summed E-state index contributed by atoms with van der Waals surface area (Å²) in [6, 6.07) is 2.13. The van der Waals surface area contributed by atoms with Crippen molar-refractivity contribution in [3.8, 4) is 0 Å². The Morgan fingerprint density at radius 3 is 2.40 bits per heavy atom. The number of nitrogens with two attached hydrogens (primary N) is 1. The molecule has 0 heterocycles. The highest BCUT2D eigenvalue weighted by Gasteiger charge is 2.22. The van der Waals surface area contributed by atoms with Crippen LogP contribution in [0.2, 0.25) is 10.0 Å². The van der Waals surface area contributed by atoms with Gasteiger partial charge < -0.3 is 21.5 Å². The molecule has 0 radical (unpaired) electrons.